The van der Waals surface area contributed by atoms with E-state index in [2.05, 4.69) is 14.6 Å². The van der Waals surface area contributed by atoms with Crippen LogP contribution in [-0.4, -0.2) is 43.2 Å². The normalized spacial score (nSPS) is 23.7. The van der Waals surface area contributed by atoms with Crippen LogP contribution in [0.3, 0.4) is 0 Å². The molecule has 0 saturated carbocycles. The Morgan fingerprint density at radius 3 is 3.06 bits per heavy atom. The van der Waals surface area contributed by atoms with Gasteiger partial charge in [-0.1, -0.05) is 0 Å². The largest absolute Gasteiger partial charge is 0.363 e. The predicted octanol–water partition coefficient (Wildman–Crippen LogP) is -0.717. The minimum absolute atomic E-state index is 0.0625. The van der Waals surface area contributed by atoms with Crippen molar-refractivity contribution in [1.29, 1.82) is 0 Å². The summed E-state index contributed by atoms with van der Waals surface area (Å²) >= 11 is 0. The van der Waals surface area contributed by atoms with Gasteiger partial charge < -0.3 is 24.8 Å². The van der Waals surface area contributed by atoms with Crippen LogP contribution < -0.4 is 5.73 Å². The topological polar surface area (TPSA) is 133 Å². The number of primary amides is 1. The molecule has 1 aliphatic rings. The number of carbonyl (C=O) groups excluding carboxylic acids is 1. The number of nitrogens with two attached hydrogens (primary N) is 1. The summed E-state index contributed by atoms with van der Waals surface area (Å²) in [6.45, 7) is 0.104. The number of carbonyl (C=O) groups is 1. The molecule has 10 heteroatoms. The monoisotopic (exact) mass is 276 g/mol. The van der Waals surface area contributed by atoms with Crippen molar-refractivity contribution in [3.8, 4) is 0 Å². The average molecular weight is 276 g/mol. The molecule has 2 heterocycles. The molecule has 1 aliphatic heterocycles. The lowest BCUT2D eigenvalue weighted by Gasteiger charge is -2.13. The molecule has 1 saturated heterocycles. The van der Waals surface area contributed by atoms with E-state index in [0.29, 0.717) is 12.8 Å². The molecule has 4 N–H and O–H groups in total. The maximum absolute atomic E-state index is 10.8. The highest BCUT2D eigenvalue weighted by Gasteiger charge is 2.28. The van der Waals surface area contributed by atoms with E-state index < -0.39 is 14.5 Å². The van der Waals surface area contributed by atoms with E-state index >= 15 is 0 Å². The van der Waals surface area contributed by atoms with Crippen molar-refractivity contribution in [3.63, 3.8) is 0 Å². The van der Waals surface area contributed by atoms with E-state index in [-0.39, 0.29) is 24.8 Å². The van der Waals surface area contributed by atoms with E-state index in [4.69, 9.17) is 20.3 Å². The standard InChI is InChI=1S/C8H13N4O5P/c9-7(13)8-10-4-12(11-8)6-2-1-5(17-6)3-16-18(14)15/h4-6,14-15H,1-3H2,(H2,9,13)/t5-,6+/m0/s1. The molecule has 1 aromatic heterocycles. The molecule has 0 unspecified atom stereocenters. The average Bonchev–Trinajstić information content (AvgIpc) is 2.95. The van der Waals surface area contributed by atoms with Crippen LogP contribution in [0.1, 0.15) is 29.7 Å². The lowest BCUT2D eigenvalue weighted by Crippen LogP contribution is -2.17. The molecule has 18 heavy (non-hydrogen) atoms. The van der Waals surface area contributed by atoms with Gasteiger partial charge in [-0.05, 0) is 12.8 Å². The summed E-state index contributed by atoms with van der Waals surface area (Å²) in [5.74, 6) is -0.759. The number of amides is 1. The van der Waals surface area contributed by atoms with E-state index in [0.717, 1.165) is 0 Å². The summed E-state index contributed by atoms with van der Waals surface area (Å²) in [7, 11) is -2.37. The van der Waals surface area contributed by atoms with Gasteiger partial charge in [0.05, 0.1) is 12.7 Å². The quantitative estimate of drug-likeness (QED) is 0.604. The zero-order valence-electron chi connectivity index (χ0n) is 9.34. The zero-order chi connectivity index (χ0) is 13.1. The summed E-state index contributed by atoms with van der Waals surface area (Å²) in [6, 6.07) is 0. The second-order valence-electron chi connectivity index (χ2n) is 3.75. The number of hydrogen-bond acceptors (Lipinski definition) is 7. The molecule has 1 fully saturated rings. The first-order valence-electron chi connectivity index (χ1n) is 5.23. The van der Waals surface area contributed by atoms with Gasteiger partial charge in [0.1, 0.15) is 6.33 Å². The second-order valence-corrected chi connectivity index (χ2v) is 4.51. The molecule has 9 nitrogen and oxygen atoms in total. The summed E-state index contributed by atoms with van der Waals surface area (Å²) < 4.78 is 11.7. The lowest BCUT2D eigenvalue weighted by molar-refractivity contribution is -0.0254. The molecule has 0 radical (unpaired) electrons. The Morgan fingerprint density at radius 2 is 2.44 bits per heavy atom. The Labute approximate surface area is 104 Å². The van der Waals surface area contributed by atoms with Crippen LogP contribution in [0, 0.1) is 0 Å². The van der Waals surface area contributed by atoms with Crippen molar-refractivity contribution in [2.45, 2.75) is 25.2 Å². The maximum atomic E-state index is 10.8. The van der Waals surface area contributed by atoms with Gasteiger partial charge in [0, 0.05) is 0 Å². The molecular formula is C8H13N4O5P. The first-order valence-corrected chi connectivity index (χ1v) is 6.40. The fourth-order valence-electron chi connectivity index (χ4n) is 1.68. The molecule has 2 atom stereocenters. The number of ether oxygens (including phenoxy) is 1. The van der Waals surface area contributed by atoms with Crippen LogP contribution in [0.5, 0.6) is 0 Å². The summed E-state index contributed by atoms with van der Waals surface area (Å²) in [5, 5.41) is 3.89. The van der Waals surface area contributed by atoms with Crippen molar-refractivity contribution in [3.05, 3.63) is 12.2 Å². The van der Waals surface area contributed by atoms with Gasteiger partial charge in [-0.15, -0.1) is 5.10 Å². The van der Waals surface area contributed by atoms with Gasteiger partial charge in [-0.2, -0.15) is 0 Å². The van der Waals surface area contributed by atoms with Crippen LogP contribution in [0.4, 0.5) is 0 Å². The van der Waals surface area contributed by atoms with Gasteiger partial charge in [0.25, 0.3) is 5.91 Å². The Hall–Kier alpha value is -1.12. The van der Waals surface area contributed by atoms with Gasteiger partial charge in [-0.3, -0.25) is 4.79 Å². The van der Waals surface area contributed by atoms with Crippen molar-refractivity contribution in [2.75, 3.05) is 6.61 Å². The Morgan fingerprint density at radius 1 is 1.67 bits per heavy atom. The molecule has 0 aromatic carbocycles. The molecule has 2 rings (SSSR count). The highest BCUT2D eigenvalue weighted by molar-refractivity contribution is 7.39. The highest BCUT2D eigenvalue weighted by atomic mass is 31.2. The SMILES string of the molecule is NC(=O)c1ncn([C@H]2CC[C@@H](COP(O)O)O2)n1. The number of aromatic nitrogens is 3. The van der Waals surface area contributed by atoms with Crippen molar-refractivity contribution in [1.82, 2.24) is 14.8 Å². The third-order valence-electron chi connectivity index (χ3n) is 2.48. The van der Waals surface area contributed by atoms with Crippen molar-refractivity contribution in [2.24, 2.45) is 5.73 Å². The Bertz CT molecular complexity index is 425. The predicted molar refractivity (Wildman–Crippen MR) is 59.0 cm³/mol. The van der Waals surface area contributed by atoms with E-state index in [1.165, 1.54) is 11.0 Å². The van der Waals surface area contributed by atoms with Crippen LogP contribution in [0.15, 0.2) is 6.33 Å². The minimum atomic E-state index is -2.37. The third-order valence-corrected chi connectivity index (χ3v) is 2.86. The van der Waals surface area contributed by atoms with E-state index in [9.17, 15) is 4.79 Å². The van der Waals surface area contributed by atoms with E-state index in [1.54, 1.807) is 0 Å². The van der Waals surface area contributed by atoms with Gasteiger partial charge >= 0.3 is 8.60 Å². The summed E-state index contributed by atoms with van der Waals surface area (Å²) in [5.41, 5.74) is 5.04. The highest BCUT2D eigenvalue weighted by Crippen LogP contribution is 2.31. The van der Waals surface area contributed by atoms with Crippen molar-refractivity contribution < 1.29 is 23.8 Å². The second kappa shape index (κ2) is 5.68. The number of rotatable bonds is 5. The molecule has 0 bridgehead atoms. The zero-order valence-corrected chi connectivity index (χ0v) is 10.2. The van der Waals surface area contributed by atoms with Crippen LogP contribution in [-0.2, 0) is 9.26 Å². The molecule has 1 aromatic rings. The van der Waals surface area contributed by atoms with Crippen LogP contribution >= 0.6 is 8.60 Å². The number of nitrogens with zero attached hydrogens (tertiary/aromatic N) is 3. The first kappa shape index (κ1) is 13.3. The first-order chi connectivity index (χ1) is 8.56. The third kappa shape index (κ3) is 3.21. The smallest absolute Gasteiger partial charge is 0.327 e. The summed E-state index contributed by atoms with van der Waals surface area (Å²) in [4.78, 5) is 31.8. The summed E-state index contributed by atoms with van der Waals surface area (Å²) in [6.07, 6.45) is 2.16. The van der Waals surface area contributed by atoms with E-state index in [1.807, 2.05) is 0 Å². The Balaban J connectivity index is 1.89. The molecular weight excluding hydrogens is 263 g/mol. The minimum Gasteiger partial charge on any atom is -0.363 e. The van der Waals surface area contributed by atoms with Gasteiger partial charge in [-0.25, -0.2) is 9.67 Å². The molecule has 0 aliphatic carbocycles. The Kier molecular flexibility index (Phi) is 4.20. The maximum Gasteiger partial charge on any atom is 0.327 e. The lowest BCUT2D eigenvalue weighted by atomic mass is 10.2. The fraction of sp³-hybridized carbons (Fsp3) is 0.625. The van der Waals surface area contributed by atoms with Crippen LogP contribution in [0.25, 0.3) is 0 Å². The molecule has 1 amide bonds. The van der Waals surface area contributed by atoms with Crippen molar-refractivity contribution >= 4 is 14.5 Å². The molecule has 0 spiro atoms. The number of hydrogen-bond donors (Lipinski definition) is 3. The van der Waals surface area contributed by atoms with Gasteiger partial charge in [0.2, 0.25) is 5.82 Å². The van der Waals surface area contributed by atoms with Crippen LogP contribution in [0.2, 0.25) is 0 Å². The fourth-order valence-corrected chi connectivity index (χ4v) is 1.98. The molecule has 100 valence electrons. The van der Waals surface area contributed by atoms with Gasteiger partial charge in [0.15, 0.2) is 6.23 Å².